The minimum atomic E-state index is 0.941. The molecule has 0 bridgehead atoms. The first-order valence-electron chi connectivity index (χ1n) is 4.80. The van der Waals surface area contributed by atoms with Crippen LogP contribution in [0.1, 0.15) is 15.6 Å². The van der Waals surface area contributed by atoms with E-state index in [0.29, 0.717) is 0 Å². The maximum atomic E-state index is 4.53. The van der Waals surface area contributed by atoms with E-state index in [-0.39, 0.29) is 0 Å². The Labute approximate surface area is 95.8 Å². The van der Waals surface area contributed by atoms with Crippen LogP contribution in [0.4, 0.5) is 5.13 Å². The molecule has 6 heteroatoms. The van der Waals surface area contributed by atoms with Crippen molar-refractivity contribution in [3.8, 4) is 0 Å². The Morgan fingerprint density at radius 2 is 2.40 bits per heavy atom. The van der Waals surface area contributed by atoms with Crippen molar-refractivity contribution in [2.75, 3.05) is 11.4 Å². The summed E-state index contributed by atoms with van der Waals surface area (Å²) in [6, 6.07) is 0. The molecular weight excluding hydrogens is 228 g/mol. The highest BCUT2D eigenvalue weighted by Gasteiger charge is 2.21. The zero-order valence-corrected chi connectivity index (χ0v) is 9.94. The van der Waals surface area contributed by atoms with Crippen molar-refractivity contribution in [3.05, 3.63) is 21.9 Å². The molecule has 0 saturated heterocycles. The second-order valence-electron chi connectivity index (χ2n) is 3.50. The average molecular weight is 238 g/mol. The summed E-state index contributed by atoms with van der Waals surface area (Å²) in [4.78, 5) is 12.4. The second-order valence-corrected chi connectivity index (χ2v) is 5.54. The molecule has 0 unspecified atom stereocenters. The normalized spacial score (nSPS) is 15.4. The molecule has 4 nitrogen and oxygen atoms in total. The van der Waals surface area contributed by atoms with Crippen molar-refractivity contribution in [2.24, 2.45) is 0 Å². The standard InChI is InChI=1S/C9H10N4S2/c1-6-12-7-2-3-13(4-8(7)14-6)9-10-5-11-15-9/h5H,2-4H2,1H3. The van der Waals surface area contributed by atoms with Crippen LogP contribution in [-0.4, -0.2) is 20.9 Å². The molecule has 0 amide bonds. The number of fused-ring (bicyclic) bond motifs is 1. The van der Waals surface area contributed by atoms with Crippen LogP contribution >= 0.6 is 22.9 Å². The predicted octanol–water partition coefficient (Wildman–Crippen LogP) is 1.87. The van der Waals surface area contributed by atoms with Gasteiger partial charge in [0.25, 0.3) is 0 Å². The molecule has 0 N–H and O–H groups in total. The van der Waals surface area contributed by atoms with E-state index in [0.717, 1.165) is 24.6 Å². The molecule has 0 atom stereocenters. The summed E-state index contributed by atoms with van der Waals surface area (Å²) in [6.07, 6.45) is 2.65. The smallest absolute Gasteiger partial charge is 0.205 e. The van der Waals surface area contributed by atoms with E-state index in [9.17, 15) is 0 Å². The Balaban J connectivity index is 1.89. The third-order valence-corrected chi connectivity index (χ3v) is 4.18. The topological polar surface area (TPSA) is 41.9 Å². The molecule has 0 fully saturated rings. The number of nitrogens with zero attached hydrogens (tertiary/aromatic N) is 4. The van der Waals surface area contributed by atoms with E-state index in [1.807, 2.05) is 0 Å². The van der Waals surface area contributed by atoms with Crippen LogP contribution in [0.5, 0.6) is 0 Å². The van der Waals surface area contributed by atoms with Crippen molar-refractivity contribution in [1.29, 1.82) is 0 Å². The zero-order valence-electron chi connectivity index (χ0n) is 8.30. The van der Waals surface area contributed by atoms with E-state index in [2.05, 4.69) is 26.2 Å². The quantitative estimate of drug-likeness (QED) is 0.760. The molecule has 1 aliphatic rings. The summed E-state index contributed by atoms with van der Waals surface area (Å²) in [5.41, 5.74) is 1.28. The third-order valence-electron chi connectivity index (χ3n) is 2.46. The van der Waals surface area contributed by atoms with Crippen LogP contribution in [0, 0.1) is 6.92 Å². The number of hydrogen-bond acceptors (Lipinski definition) is 6. The van der Waals surface area contributed by atoms with Gasteiger partial charge in [0.2, 0.25) is 5.13 Å². The van der Waals surface area contributed by atoms with Gasteiger partial charge in [0.1, 0.15) is 6.33 Å². The maximum absolute atomic E-state index is 4.53. The predicted molar refractivity (Wildman–Crippen MR) is 61.5 cm³/mol. The molecule has 3 heterocycles. The fourth-order valence-electron chi connectivity index (χ4n) is 1.79. The molecular formula is C9H10N4S2. The van der Waals surface area contributed by atoms with Gasteiger partial charge in [-0.2, -0.15) is 4.37 Å². The van der Waals surface area contributed by atoms with Gasteiger partial charge in [0, 0.05) is 29.4 Å². The van der Waals surface area contributed by atoms with E-state index in [1.54, 1.807) is 17.7 Å². The molecule has 0 radical (unpaired) electrons. The molecule has 1 aliphatic heterocycles. The summed E-state index contributed by atoms with van der Waals surface area (Å²) in [5.74, 6) is 0. The molecule has 0 spiro atoms. The Hall–Kier alpha value is -1.01. The summed E-state index contributed by atoms with van der Waals surface area (Å²) in [5, 5.41) is 2.19. The molecule has 15 heavy (non-hydrogen) atoms. The molecule has 2 aromatic heterocycles. The van der Waals surface area contributed by atoms with E-state index in [1.165, 1.54) is 27.1 Å². The number of aromatic nitrogens is 3. The van der Waals surface area contributed by atoms with Crippen LogP contribution in [0.25, 0.3) is 0 Å². The number of hydrogen-bond donors (Lipinski definition) is 0. The van der Waals surface area contributed by atoms with Crippen LogP contribution < -0.4 is 4.90 Å². The lowest BCUT2D eigenvalue weighted by Gasteiger charge is -2.24. The minimum absolute atomic E-state index is 0.941. The lowest BCUT2D eigenvalue weighted by molar-refractivity contribution is 0.725. The average Bonchev–Trinajstić information content (AvgIpc) is 2.82. The van der Waals surface area contributed by atoms with Gasteiger partial charge in [0.15, 0.2) is 0 Å². The maximum Gasteiger partial charge on any atom is 0.205 e. The van der Waals surface area contributed by atoms with Gasteiger partial charge in [-0.25, -0.2) is 9.97 Å². The molecule has 2 aromatic rings. The van der Waals surface area contributed by atoms with Gasteiger partial charge in [-0.3, -0.25) is 0 Å². The van der Waals surface area contributed by atoms with E-state index in [4.69, 9.17) is 0 Å². The first-order chi connectivity index (χ1) is 7.33. The van der Waals surface area contributed by atoms with Crippen LogP contribution in [0.2, 0.25) is 0 Å². The lowest BCUT2D eigenvalue weighted by Crippen LogP contribution is -2.29. The van der Waals surface area contributed by atoms with Gasteiger partial charge in [-0.15, -0.1) is 11.3 Å². The zero-order chi connectivity index (χ0) is 10.3. The molecule has 0 saturated carbocycles. The second kappa shape index (κ2) is 3.53. The van der Waals surface area contributed by atoms with Crippen molar-refractivity contribution in [1.82, 2.24) is 14.3 Å². The summed E-state index contributed by atoms with van der Waals surface area (Å²) >= 11 is 3.25. The Morgan fingerprint density at radius 1 is 1.47 bits per heavy atom. The van der Waals surface area contributed by atoms with Gasteiger partial charge in [-0.1, -0.05) is 0 Å². The van der Waals surface area contributed by atoms with E-state index >= 15 is 0 Å². The number of rotatable bonds is 1. The highest BCUT2D eigenvalue weighted by Crippen LogP contribution is 2.28. The Morgan fingerprint density at radius 3 is 3.20 bits per heavy atom. The van der Waals surface area contributed by atoms with Crippen molar-refractivity contribution in [2.45, 2.75) is 19.9 Å². The number of anilines is 1. The highest BCUT2D eigenvalue weighted by atomic mass is 32.1. The number of thiazole rings is 1. The highest BCUT2D eigenvalue weighted by molar-refractivity contribution is 7.11. The summed E-state index contributed by atoms with van der Waals surface area (Å²) < 4.78 is 4.04. The number of aryl methyl sites for hydroxylation is 1. The molecule has 0 aromatic carbocycles. The molecule has 0 aliphatic carbocycles. The Kier molecular flexibility index (Phi) is 2.17. The van der Waals surface area contributed by atoms with Gasteiger partial charge in [-0.05, 0) is 6.92 Å². The third kappa shape index (κ3) is 1.63. The minimum Gasteiger partial charge on any atom is -0.341 e. The van der Waals surface area contributed by atoms with Gasteiger partial charge < -0.3 is 4.90 Å². The first-order valence-corrected chi connectivity index (χ1v) is 6.39. The SMILES string of the molecule is Cc1nc2c(s1)CN(c1ncns1)CC2. The first kappa shape index (κ1) is 9.23. The van der Waals surface area contributed by atoms with Crippen molar-refractivity contribution < 1.29 is 0 Å². The van der Waals surface area contributed by atoms with Crippen LogP contribution in [0.3, 0.4) is 0 Å². The summed E-state index contributed by atoms with van der Waals surface area (Å²) in [6.45, 7) is 4.01. The van der Waals surface area contributed by atoms with Gasteiger partial charge >= 0.3 is 0 Å². The molecule has 3 rings (SSSR count). The Bertz CT molecular complexity index is 462. The van der Waals surface area contributed by atoms with Gasteiger partial charge in [0.05, 0.1) is 17.2 Å². The lowest BCUT2D eigenvalue weighted by atomic mass is 10.2. The fraction of sp³-hybridized carbons (Fsp3) is 0.444. The fourth-order valence-corrected chi connectivity index (χ4v) is 3.35. The van der Waals surface area contributed by atoms with Crippen molar-refractivity contribution in [3.63, 3.8) is 0 Å². The molecule has 78 valence electrons. The van der Waals surface area contributed by atoms with Crippen LogP contribution in [0.15, 0.2) is 6.33 Å². The summed E-state index contributed by atoms with van der Waals surface area (Å²) in [7, 11) is 0. The van der Waals surface area contributed by atoms with Crippen LogP contribution in [-0.2, 0) is 13.0 Å². The van der Waals surface area contributed by atoms with E-state index < -0.39 is 0 Å². The largest absolute Gasteiger partial charge is 0.341 e. The van der Waals surface area contributed by atoms with Crippen molar-refractivity contribution >= 4 is 28.0 Å². The monoisotopic (exact) mass is 238 g/mol.